The molecule has 0 bridgehead atoms. The van der Waals surface area contributed by atoms with Gasteiger partial charge in [-0.15, -0.1) is 24.0 Å². The zero-order chi connectivity index (χ0) is 12.6. The van der Waals surface area contributed by atoms with Gasteiger partial charge in [0, 0.05) is 31.7 Å². The smallest absolute Gasteiger partial charge is 0.191 e. The lowest BCUT2D eigenvalue weighted by Gasteiger charge is -2.51. The van der Waals surface area contributed by atoms with E-state index in [2.05, 4.69) is 36.4 Å². The van der Waals surface area contributed by atoms with Crippen LogP contribution in [-0.2, 0) is 4.74 Å². The molecule has 0 aromatic rings. The van der Waals surface area contributed by atoms with Gasteiger partial charge in [0.05, 0.1) is 6.10 Å². The van der Waals surface area contributed by atoms with Crippen molar-refractivity contribution in [2.24, 2.45) is 16.3 Å². The van der Waals surface area contributed by atoms with Crippen LogP contribution in [0, 0.1) is 11.3 Å². The highest BCUT2D eigenvalue weighted by Crippen LogP contribution is 2.42. The van der Waals surface area contributed by atoms with Crippen molar-refractivity contribution in [3.63, 3.8) is 0 Å². The summed E-state index contributed by atoms with van der Waals surface area (Å²) in [5.41, 5.74) is 0.182. The summed E-state index contributed by atoms with van der Waals surface area (Å²) >= 11 is 0. The number of nitrogens with one attached hydrogen (secondary N) is 2. The minimum Gasteiger partial charge on any atom is -0.381 e. The number of hydrogen-bond acceptors (Lipinski definition) is 2. The van der Waals surface area contributed by atoms with Crippen LogP contribution in [0.5, 0.6) is 0 Å². The Morgan fingerprint density at radius 1 is 1.28 bits per heavy atom. The van der Waals surface area contributed by atoms with E-state index in [1.165, 1.54) is 6.42 Å². The number of methoxy groups -OCH3 is 1. The maximum Gasteiger partial charge on any atom is 0.191 e. The van der Waals surface area contributed by atoms with Crippen molar-refractivity contribution >= 4 is 29.9 Å². The lowest BCUT2D eigenvalue weighted by Crippen LogP contribution is -2.63. The summed E-state index contributed by atoms with van der Waals surface area (Å²) < 4.78 is 5.46. The normalized spacial score (nSPS) is 37.3. The van der Waals surface area contributed by atoms with Crippen molar-refractivity contribution in [2.45, 2.75) is 51.8 Å². The third-order valence-corrected chi connectivity index (χ3v) is 4.43. The van der Waals surface area contributed by atoms with Gasteiger partial charge in [-0.2, -0.15) is 0 Å². The summed E-state index contributed by atoms with van der Waals surface area (Å²) in [5.74, 6) is 1.72. The fourth-order valence-corrected chi connectivity index (χ4v) is 2.56. The predicted molar refractivity (Wildman–Crippen MR) is 85.6 cm³/mol. The van der Waals surface area contributed by atoms with E-state index in [9.17, 15) is 0 Å². The molecule has 4 nitrogen and oxygen atoms in total. The lowest BCUT2D eigenvalue weighted by atomic mass is 9.64. The van der Waals surface area contributed by atoms with Crippen LogP contribution in [0.15, 0.2) is 4.99 Å². The molecule has 0 amide bonds. The monoisotopic (exact) mass is 367 g/mol. The van der Waals surface area contributed by atoms with E-state index >= 15 is 0 Å². The minimum atomic E-state index is 0. The molecular weight excluding hydrogens is 341 g/mol. The molecule has 2 fully saturated rings. The first-order valence-corrected chi connectivity index (χ1v) is 6.51. The number of guanidine groups is 1. The van der Waals surface area contributed by atoms with E-state index in [-0.39, 0.29) is 29.4 Å². The van der Waals surface area contributed by atoms with Crippen molar-refractivity contribution in [1.29, 1.82) is 0 Å². The highest BCUT2D eigenvalue weighted by molar-refractivity contribution is 14.0. The summed E-state index contributed by atoms with van der Waals surface area (Å²) in [5, 5.41) is 6.97. The molecule has 0 aromatic heterocycles. The molecule has 0 saturated heterocycles. The molecule has 2 aliphatic rings. The quantitative estimate of drug-likeness (QED) is 0.456. The molecule has 0 aliphatic heterocycles. The summed E-state index contributed by atoms with van der Waals surface area (Å²) in [4.78, 5) is 4.29. The van der Waals surface area contributed by atoms with Crippen LogP contribution < -0.4 is 10.6 Å². The first-order chi connectivity index (χ1) is 7.98. The van der Waals surface area contributed by atoms with Gasteiger partial charge in [-0.3, -0.25) is 4.99 Å². The van der Waals surface area contributed by atoms with Gasteiger partial charge in [0.15, 0.2) is 5.96 Å². The Morgan fingerprint density at radius 3 is 2.28 bits per heavy atom. The molecule has 0 heterocycles. The summed E-state index contributed by atoms with van der Waals surface area (Å²) in [6.07, 6.45) is 2.68. The molecule has 2 saturated carbocycles. The third kappa shape index (κ3) is 3.10. The average molecular weight is 367 g/mol. The maximum absolute atomic E-state index is 5.46. The van der Waals surface area contributed by atoms with E-state index in [1.807, 2.05) is 7.05 Å². The third-order valence-electron chi connectivity index (χ3n) is 4.43. The van der Waals surface area contributed by atoms with Crippen molar-refractivity contribution in [1.82, 2.24) is 10.6 Å². The van der Waals surface area contributed by atoms with Crippen molar-refractivity contribution in [3.05, 3.63) is 0 Å². The van der Waals surface area contributed by atoms with Crippen LogP contribution in [0.3, 0.4) is 0 Å². The summed E-state index contributed by atoms with van der Waals surface area (Å²) in [7, 11) is 3.63. The fourth-order valence-electron chi connectivity index (χ4n) is 2.56. The zero-order valence-electron chi connectivity index (χ0n) is 12.0. The van der Waals surface area contributed by atoms with Crippen LogP contribution in [0.25, 0.3) is 0 Å². The van der Waals surface area contributed by atoms with Gasteiger partial charge in [0.25, 0.3) is 0 Å². The van der Waals surface area contributed by atoms with Crippen LogP contribution in [0.2, 0.25) is 0 Å². The van der Waals surface area contributed by atoms with E-state index in [1.54, 1.807) is 7.11 Å². The molecule has 4 atom stereocenters. The van der Waals surface area contributed by atoms with Crippen LogP contribution in [0.1, 0.15) is 33.6 Å². The van der Waals surface area contributed by atoms with Gasteiger partial charge in [0.2, 0.25) is 0 Å². The highest BCUT2D eigenvalue weighted by Gasteiger charge is 2.49. The molecule has 5 heteroatoms. The van der Waals surface area contributed by atoms with E-state index in [0.717, 1.165) is 18.3 Å². The van der Waals surface area contributed by atoms with Crippen LogP contribution in [0.4, 0.5) is 0 Å². The number of halogens is 1. The topological polar surface area (TPSA) is 45.7 Å². The minimum absolute atomic E-state index is 0. The largest absolute Gasteiger partial charge is 0.381 e. The van der Waals surface area contributed by atoms with Gasteiger partial charge in [-0.25, -0.2) is 0 Å². The maximum atomic E-state index is 5.46. The second kappa shape index (κ2) is 5.94. The van der Waals surface area contributed by atoms with Gasteiger partial charge in [-0.05, 0) is 18.8 Å². The molecular formula is C13H26IN3O. The average Bonchev–Trinajstić information content (AvgIpc) is 2.97. The number of aliphatic imine (C=N–C) groups is 1. The van der Waals surface area contributed by atoms with Crippen molar-refractivity contribution < 1.29 is 4.74 Å². The first kappa shape index (κ1) is 16.0. The Kier molecular flexibility index (Phi) is 5.29. The molecule has 106 valence electrons. The number of hydrogen-bond donors (Lipinski definition) is 2. The Balaban J connectivity index is 0.00000162. The Morgan fingerprint density at radius 2 is 1.89 bits per heavy atom. The van der Waals surface area contributed by atoms with Gasteiger partial charge in [-0.1, -0.05) is 20.8 Å². The second-order valence-corrected chi connectivity index (χ2v) is 6.01. The molecule has 0 radical (unpaired) electrons. The summed E-state index contributed by atoms with van der Waals surface area (Å²) in [6.45, 7) is 6.75. The summed E-state index contributed by atoms with van der Waals surface area (Å²) in [6, 6.07) is 1.07. The van der Waals surface area contributed by atoms with Crippen LogP contribution in [-0.4, -0.2) is 38.3 Å². The lowest BCUT2D eigenvalue weighted by molar-refractivity contribution is -0.0922. The van der Waals surface area contributed by atoms with Crippen LogP contribution >= 0.6 is 24.0 Å². The molecule has 18 heavy (non-hydrogen) atoms. The van der Waals surface area contributed by atoms with Gasteiger partial charge in [0.1, 0.15) is 0 Å². The first-order valence-electron chi connectivity index (χ1n) is 6.51. The zero-order valence-corrected chi connectivity index (χ0v) is 14.3. The van der Waals surface area contributed by atoms with Crippen molar-refractivity contribution in [3.8, 4) is 0 Å². The number of ether oxygens (including phenoxy) is 1. The Bertz CT molecular complexity index is 319. The van der Waals surface area contributed by atoms with E-state index < -0.39 is 0 Å². The number of nitrogens with zero attached hydrogens (tertiary/aromatic N) is 1. The van der Waals surface area contributed by atoms with Crippen molar-refractivity contribution in [2.75, 3.05) is 14.2 Å². The highest BCUT2D eigenvalue weighted by atomic mass is 127. The molecule has 2 N–H and O–H groups in total. The Hall–Kier alpha value is -0.0400. The molecule has 0 spiro atoms. The van der Waals surface area contributed by atoms with E-state index in [4.69, 9.17) is 4.74 Å². The second-order valence-electron chi connectivity index (χ2n) is 6.01. The molecule has 4 unspecified atom stereocenters. The van der Waals surface area contributed by atoms with Gasteiger partial charge >= 0.3 is 0 Å². The Labute approximate surface area is 127 Å². The SMILES string of the molecule is CN=C(NC1CC1C)NC1CC(OC)C1(C)C.I. The molecule has 2 rings (SSSR count). The van der Waals surface area contributed by atoms with E-state index in [0.29, 0.717) is 18.2 Å². The number of rotatable bonds is 3. The fraction of sp³-hybridized carbons (Fsp3) is 0.923. The predicted octanol–water partition coefficient (Wildman–Crippen LogP) is 1.99. The standard InChI is InChI=1S/C13H25N3O.HI/c1-8-6-9(8)15-12(14-4)16-10-7-11(17-5)13(10,2)3;/h8-11H,6-7H2,1-5H3,(H2,14,15,16);1H. The molecule has 0 aromatic carbocycles. The molecule has 2 aliphatic carbocycles. The van der Waals surface area contributed by atoms with Gasteiger partial charge < -0.3 is 15.4 Å².